The van der Waals surface area contributed by atoms with Crippen LogP contribution in [0.25, 0.3) is 0 Å². The second-order valence-corrected chi connectivity index (χ2v) is 5.84. The lowest BCUT2D eigenvalue weighted by Crippen LogP contribution is -2.36. The molecule has 0 heterocycles. The molecule has 0 radical (unpaired) electrons. The standard InChI is InChI=1S/C16H18N2O8/c1-2-25-16(20)13-5-3-4-6-14(13)26-15(19)10-7-11(17(21)22)9-12(8-10)18(23)24/h7-9,13-14H,2-6H2,1H3/t13-,14+/m1/s1. The number of hydrogen-bond donors (Lipinski definition) is 0. The summed E-state index contributed by atoms with van der Waals surface area (Å²) in [4.78, 5) is 44.6. The Balaban J connectivity index is 2.23. The van der Waals surface area contributed by atoms with Crippen LogP contribution in [0.2, 0.25) is 0 Å². The van der Waals surface area contributed by atoms with Gasteiger partial charge < -0.3 is 9.47 Å². The molecule has 1 aliphatic carbocycles. The van der Waals surface area contributed by atoms with Crippen molar-refractivity contribution in [3.05, 3.63) is 44.0 Å². The minimum atomic E-state index is -0.946. The number of carbonyl (C=O) groups is 2. The lowest BCUT2D eigenvalue weighted by Gasteiger charge is -2.29. The van der Waals surface area contributed by atoms with Gasteiger partial charge in [0.25, 0.3) is 11.4 Å². The molecule has 0 aromatic heterocycles. The highest BCUT2D eigenvalue weighted by atomic mass is 16.6. The largest absolute Gasteiger partial charge is 0.466 e. The van der Waals surface area contributed by atoms with Crippen molar-refractivity contribution in [1.82, 2.24) is 0 Å². The van der Waals surface area contributed by atoms with Crippen LogP contribution < -0.4 is 0 Å². The molecule has 10 heteroatoms. The first-order valence-corrected chi connectivity index (χ1v) is 8.15. The average Bonchev–Trinajstić information content (AvgIpc) is 2.61. The first-order chi connectivity index (χ1) is 12.3. The maximum Gasteiger partial charge on any atom is 0.338 e. The van der Waals surface area contributed by atoms with Gasteiger partial charge in [0, 0.05) is 12.1 Å². The van der Waals surface area contributed by atoms with Crippen molar-refractivity contribution in [2.75, 3.05) is 6.61 Å². The van der Waals surface area contributed by atoms with Gasteiger partial charge in [-0.3, -0.25) is 25.0 Å². The minimum Gasteiger partial charge on any atom is -0.466 e. The van der Waals surface area contributed by atoms with Gasteiger partial charge in [-0.05, 0) is 26.2 Å². The predicted molar refractivity (Wildman–Crippen MR) is 87.5 cm³/mol. The lowest BCUT2D eigenvalue weighted by atomic mass is 9.86. The summed E-state index contributed by atoms with van der Waals surface area (Å²) < 4.78 is 10.3. The van der Waals surface area contributed by atoms with Crippen LogP contribution in [-0.4, -0.2) is 34.5 Å². The van der Waals surface area contributed by atoms with E-state index in [0.717, 1.165) is 31.0 Å². The molecule has 1 saturated carbocycles. The second-order valence-electron chi connectivity index (χ2n) is 5.84. The number of esters is 2. The molecule has 0 unspecified atom stereocenters. The smallest absolute Gasteiger partial charge is 0.338 e. The SMILES string of the molecule is CCOC(=O)[C@@H]1CCCC[C@@H]1OC(=O)c1cc([N+](=O)[O-])cc([N+](=O)[O-])c1. The van der Waals surface area contributed by atoms with Gasteiger partial charge in [-0.1, -0.05) is 6.42 Å². The van der Waals surface area contributed by atoms with Gasteiger partial charge in [-0.2, -0.15) is 0 Å². The number of nitro groups is 2. The van der Waals surface area contributed by atoms with Crippen molar-refractivity contribution >= 4 is 23.3 Å². The van der Waals surface area contributed by atoms with Gasteiger partial charge in [0.1, 0.15) is 6.10 Å². The van der Waals surface area contributed by atoms with E-state index in [1.165, 1.54) is 0 Å². The molecule has 0 N–H and O–H groups in total. The molecule has 140 valence electrons. The summed E-state index contributed by atoms with van der Waals surface area (Å²) in [6.07, 6.45) is 1.77. The number of hydrogen-bond acceptors (Lipinski definition) is 8. The monoisotopic (exact) mass is 366 g/mol. The van der Waals surface area contributed by atoms with Crippen molar-refractivity contribution in [3.63, 3.8) is 0 Å². The van der Waals surface area contributed by atoms with Gasteiger partial charge in [0.15, 0.2) is 0 Å². The molecule has 2 atom stereocenters. The Hall–Kier alpha value is -3.04. The molecule has 0 bridgehead atoms. The molecule has 0 amide bonds. The van der Waals surface area contributed by atoms with Crippen molar-refractivity contribution in [1.29, 1.82) is 0 Å². The lowest BCUT2D eigenvalue weighted by molar-refractivity contribution is -0.394. The number of rotatable bonds is 6. The summed E-state index contributed by atoms with van der Waals surface area (Å²) >= 11 is 0. The molecule has 0 saturated heterocycles. The van der Waals surface area contributed by atoms with E-state index >= 15 is 0 Å². The Morgan fingerprint density at radius 1 is 1.08 bits per heavy atom. The molecule has 1 aromatic carbocycles. The number of carbonyl (C=O) groups excluding carboxylic acids is 2. The quantitative estimate of drug-likeness (QED) is 0.425. The third-order valence-electron chi connectivity index (χ3n) is 4.11. The first-order valence-electron chi connectivity index (χ1n) is 8.15. The normalized spacial score (nSPS) is 19.4. The van der Waals surface area contributed by atoms with Crippen LogP contribution in [0.5, 0.6) is 0 Å². The van der Waals surface area contributed by atoms with E-state index in [-0.39, 0.29) is 12.2 Å². The molecule has 1 aromatic rings. The maximum atomic E-state index is 12.4. The fraction of sp³-hybridized carbons (Fsp3) is 0.500. The fourth-order valence-corrected chi connectivity index (χ4v) is 2.89. The Kier molecular flexibility index (Phi) is 6.21. The van der Waals surface area contributed by atoms with Crippen LogP contribution in [0, 0.1) is 26.1 Å². The summed E-state index contributed by atoms with van der Waals surface area (Å²) in [5.41, 5.74) is -1.48. The van der Waals surface area contributed by atoms with Gasteiger partial charge in [-0.25, -0.2) is 4.79 Å². The van der Waals surface area contributed by atoms with E-state index in [1.807, 2.05) is 0 Å². The zero-order valence-corrected chi connectivity index (χ0v) is 14.1. The molecule has 2 rings (SSSR count). The second kappa shape index (κ2) is 8.37. The van der Waals surface area contributed by atoms with E-state index in [9.17, 15) is 29.8 Å². The number of benzene rings is 1. The summed E-state index contributed by atoms with van der Waals surface area (Å²) in [6, 6.07) is 2.59. The van der Waals surface area contributed by atoms with E-state index in [4.69, 9.17) is 9.47 Å². The highest BCUT2D eigenvalue weighted by molar-refractivity contribution is 5.91. The highest BCUT2D eigenvalue weighted by Crippen LogP contribution is 2.30. The summed E-state index contributed by atoms with van der Waals surface area (Å²) in [7, 11) is 0. The molecule has 1 aliphatic rings. The topological polar surface area (TPSA) is 139 Å². The molecular weight excluding hydrogens is 348 g/mol. The zero-order chi connectivity index (χ0) is 19.3. The summed E-state index contributed by atoms with van der Waals surface area (Å²) in [5, 5.41) is 21.8. The summed E-state index contributed by atoms with van der Waals surface area (Å²) in [5.74, 6) is -2.02. The van der Waals surface area contributed by atoms with Gasteiger partial charge in [-0.15, -0.1) is 0 Å². The van der Waals surface area contributed by atoms with Crippen molar-refractivity contribution in [2.24, 2.45) is 5.92 Å². The van der Waals surface area contributed by atoms with Crippen LogP contribution in [0.4, 0.5) is 11.4 Å². The number of nitrogens with zero attached hydrogens (tertiary/aromatic N) is 2. The zero-order valence-electron chi connectivity index (χ0n) is 14.1. The fourth-order valence-electron chi connectivity index (χ4n) is 2.89. The number of non-ortho nitro benzene ring substituents is 2. The number of nitro benzene ring substituents is 2. The number of ether oxygens (including phenoxy) is 2. The van der Waals surface area contributed by atoms with Gasteiger partial charge in [0.05, 0.1) is 34.0 Å². The van der Waals surface area contributed by atoms with Gasteiger partial charge >= 0.3 is 11.9 Å². The third-order valence-corrected chi connectivity index (χ3v) is 4.11. The Morgan fingerprint density at radius 3 is 2.19 bits per heavy atom. The maximum absolute atomic E-state index is 12.4. The van der Waals surface area contributed by atoms with E-state index < -0.39 is 45.2 Å². The van der Waals surface area contributed by atoms with Crippen molar-refractivity contribution in [2.45, 2.75) is 38.7 Å². The van der Waals surface area contributed by atoms with E-state index in [0.29, 0.717) is 12.8 Å². The Morgan fingerprint density at radius 2 is 1.65 bits per heavy atom. The van der Waals surface area contributed by atoms with Crippen LogP contribution in [0.1, 0.15) is 43.0 Å². The first kappa shape index (κ1) is 19.3. The highest BCUT2D eigenvalue weighted by Gasteiger charge is 2.35. The van der Waals surface area contributed by atoms with Gasteiger partial charge in [0.2, 0.25) is 0 Å². The van der Waals surface area contributed by atoms with Crippen LogP contribution in [0.3, 0.4) is 0 Å². The molecule has 10 nitrogen and oxygen atoms in total. The van der Waals surface area contributed by atoms with Crippen LogP contribution in [-0.2, 0) is 14.3 Å². The Labute approximate surface area is 148 Å². The average molecular weight is 366 g/mol. The molecule has 0 spiro atoms. The predicted octanol–water partition coefficient (Wildman–Crippen LogP) is 2.78. The van der Waals surface area contributed by atoms with Crippen molar-refractivity contribution in [3.8, 4) is 0 Å². The Bertz CT molecular complexity index is 701. The van der Waals surface area contributed by atoms with Crippen LogP contribution in [0.15, 0.2) is 18.2 Å². The molecule has 0 aliphatic heterocycles. The minimum absolute atomic E-state index is 0.201. The molecule has 1 fully saturated rings. The molecular formula is C16H18N2O8. The summed E-state index contributed by atoms with van der Waals surface area (Å²) in [6.45, 7) is 1.87. The third kappa shape index (κ3) is 4.52. The molecule has 26 heavy (non-hydrogen) atoms. The van der Waals surface area contributed by atoms with E-state index in [1.54, 1.807) is 6.92 Å². The van der Waals surface area contributed by atoms with Crippen molar-refractivity contribution < 1.29 is 28.9 Å². The van der Waals surface area contributed by atoms with Crippen LogP contribution >= 0.6 is 0 Å². The van der Waals surface area contributed by atoms with E-state index in [2.05, 4.69) is 0 Å².